The lowest BCUT2D eigenvalue weighted by Crippen LogP contribution is -2.29. The zero-order valence-electron chi connectivity index (χ0n) is 6.88. The number of hydrogen-bond donors (Lipinski definition) is 0. The van der Waals surface area contributed by atoms with E-state index in [-0.39, 0.29) is 0 Å². The summed E-state index contributed by atoms with van der Waals surface area (Å²) in [6.45, 7) is 2.04. The van der Waals surface area contributed by atoms with Gasteiger partial charge in [0.05, 0.1) is 21.2 Å². The van der Waals surface area contributed by atoms with Crippen LogP contribution in [-0.4, -0.2) is 11.7 Å². The van der Waals surface area contributed by atoms with Crippen LogP contribution in [0, 0.1) is 6.92 Å². The van der Waals surface area contributed by atoms with Crippen molar-refractivity contribution in [1.82, 2.24) is 4.57 Å². The Labute approximate surface area is 60.9 Å². The second-order valence-corrected chi connectivity index (χ2v) is 2.39. The largest absolute Gasteiger partial charge is 0.463 e. The molecule has 3 nitrogen and oxygen atoms in total. The van der Waals surface area contributed by atoms with Crippen molar-refractivity contribution < 1.29 is 9.30 Å². The molecular formula is C7H13N2O+. The molecule has 0 atom stereocenters. The number of rotatable bonds is 1. The number of hydrogen-bond acceptors (Lipinski definition) is 1. The minimum atomic E-state index is 0.889. The molecule has 0 spiro atoms. The van der Waals surface area contributed by atoms with Gasteiger partial charge in [0, 0.05) is 6.92 Å². The minimum Gasteiger partial charge on any atom is -0.463 e. The van der Waals surface area contributed by atoms with Crippen molar-refractivity contribution in [2.45, 2.75) is 6.92 Å². The lowest BCUT2D eigenvalue weighted by Gasteiger charge is -1.91. The van der Waals surface area contributed by atoms with Crippen molar-refractivity contribution in [3.63, 3.8) is 0 Å². The van der Waals surface area contributed by atoms with Gasteiger partial charge in [-0.1, -0.05) is 0 Å². The molecule has 1 heterocycles. The van der Waals surface area contributed by atoms with Crippen LogP contribution in [0.1, 0.15) is 5.82 Å². The van der Waals surface area contributed by atoms with Gasteiger partial charge in [-0.2, -0.15) is 0 Å². The standard InChI is InChI=1S/C7H13N2O/c1-6-8(2)5-7(10-4)9(6)3/h5H,1-4H3/q+1. The topological polar surface area (TPSA) is 18.0 Å². The van der Waals surface area contributed by atoms with E-state index in [1.54, 1.807) is 7.11 Å². The number of methoxy groups -OCH3 is 1. The first-order valence-electron chi connectivity index (χ1n) is 3.22. The molecule has 0 amide bonds. The third kappa shape index (κ3) is 0.875. The first-order chi connectivity index (χ1) is 4.66. The Bertz CT molecular complexity index is 240. The molecule has 0 radical (unpaired) electrons. The van der Waals surface area contributed by atoms with Gasteiger partial charge >= 0.3 is 5.88 Å². The van der Waals surface area contributed by atoms with Crippen molar-refractivity contribution in [3.05, 3.63) is 12.0 Å². The number of imidazole rings is 1. The van der Waals surface area contributed by atoms with Gasteiger partial charge in [0.2, 0.25) is 0 Å². The highest BCUT2D eigenvalue weighted by Gasteiger charge is 2.12. The average molecular weight is 141 g/mol. The quantitative estimate of drug-likeness (QED) is 0.510. The third-order valence-electron chi connectivity index (χ3n) is 1.84. The predicted molar refractivity (Wildman–Crippen MR) is 37.9 cm³/mol. The van der Waals surface area contributed by atoms with Crippen molar-refractivity contribution in [3.8, 4) is 5.88 Å². The summed E-state index contributed by atoms with van der Waals surface area (Å²) in [4.78, 5) is 0. The monoisotopic (exact) mass is 141 g/mol. The Hall–Kier alpha value is -0.990. The molecule has 0 aliphatic heterocycles. The highest BCUT2D eigenvalue weighted by atomic mass is 16.5. The molecule has 0 aliphatic carbocycles. The molecule has 0 unspecified atom stereocenters. The van der Waals surface area contributed by atoms with Crippen molar-refractivity contribution >= 4 is 0 Å². The van der Waals surface area contributed by atoms with Crippen LogP contribution >= 0.6 is 0 Å². The molecule has 3 heteroatoms. The second-order valence-electron chi connectivity index (χ2n) is 2.39. The summed E-state index contributed by atoms with van der Waals surface area (Å²) in [5, 5.41) is 0. The summed E-state index contributed by atoms with van der Waals surface area (Å²) in [6, 6.07) is 0. The molecule has 56 valence electrons. The van der Waals surface area contributed by atoms with Crippen molar-refractivity contribution in [2.75, 3.05) is 7.11 Å². The predicted octanol–water partition coefficient (Wildman–Crippen LogP) is 0.167. The van der Waals surface area contributed by atoms with Crippen LogP contribution in [0.3, 0.4) is 0 Å². The number of ether oxygens (including phenoxy) is 1. The van der Waals surface area contributed by atoms with Gasteiger partial charge in [-0.05, 0) is 0 Å². The van der Waals surface area contributed by atoms with E-state index in [1.165, 1.54) is 5.82 Å². The van der Waals surface area contributed by atoms with E-state index in [1.807, 2.05) is 36.4 Å². The minimum absolute atomic E-state index is 0.889. The Morgan fingerprint density at radius 1 is 1.60 bits per heavy atom. The fourth-order valence-electron chi connectivity index (χ4n) is 0.931. The van der Waals surface area contributed by atoms with Gasteiger partial charge in [-0.25, -0.2) is 9.13 Å². The van der Waals surface area contributed by atoms with Crippen LogP contribution in [0.15, 0.2) is 6.20 Å². The van der Waals surface area contributed by atoms with E-state index >= 15 is 0 Å². The smallest absolute Gasteiger partial charge is 0.324 e. The zero-order valence-corrected chi connectivity index (χ0v) is 6.88. The SMILES string of the molecule is COc1c[n+](C)c(C)n1C. The maximum atomic E-state index is 5.09. The van der Waals surface area contributed by atoms with Crippen molar-refractivity contribution in [1.29, 1.82) is 0 Å². The van der Waals surface area contributed by atoms with E-state index in [0.717, 1.165) is 5.88 Å². The summed E-state index contributed by atoms with van der Waals surface area (Å²) in [6.07, 6.45) is 1.95. The second kappa shape index (κ2) is 2.33. The Balaban J connectivity index is 3.17. The lowest BCUT2D eigenvalue weighted by molar-refractivity contribution is -0.677. The van der Waals surface area contributed by atoms with Crippen LogP contribution < -0.4 is 9.30 Å². The Kier molecular flexibility index (Phi) is 1.66. The van der Waals surface area contributed by atoms with Gasteiger partial charge in [0.1, 0.15) is 0 Å². The number of aryl methyl sites for hydroxylation is 1. The van der Waals surface area contributed by atoms with Gasteiger partial charge in [-0.3, -0.25) is 0 Å². The highest BCUT2D eigenvalue weighted by molar-refractivity contribution is 5.03. The molecule has 1 aromatic rings. The molecule has 0 bridgehead atoms. The van der Waals surface area contributed by atoms with E-state index in [4.69, 9.17) is 4.74 Å². The summed E-state index contributed by atoms with van der Waals surface area (Å²) < 4.78 is 9.12. The van der Waals surface area contributed by atoms with Crippen LogP contribution in [0.4, 0.5) is 0 Å². The van der Waals surface area contributed by atoms with E-state index in [9.17, 15) is 0 Å². The normalized spacial score (nSPS) is 10.0. The van der Waals surface area contributed by atoms with Gasteiger partial charge in [-0.15, -0.1) is 0 Å². The summed E-state index contributed by atoms with van der Waals surface area (Å²) in [5.74, 6) is 2.07. The van der Waals surface area contributed by atoms with E-state index in [0.29, 0.717) is 0 Å². The molecule has 0 saturated carbocycles. The third-order valence-corrected chi connectivity index (χ3v) is 1.84. The van der Waals surface area contributed by atoms with Crippen LogP contribution in [0.5, 0.6) is 5.88 Å². The Morgan fingerprint density at radius 3 is 2.40 bits per heavy atom. The fraction of sp³-hybridized carbons (Fsp3) is 0.571. The first-order valence-corrected chi connectivity index (χ1v) is 3.22. The summed E-state index contributed by atoms with van der Waals surface area (Å²) in [5.41, 5.74) is 0. The molecule has 0 N–H and O–H groups in total. The number of aromatic nitrogens is 2. The van der Waals surface area contributed by atoms with Crippen molar-refractivity contribution in [2.24, 2.45) is 14.1 Å². The van der Waals surface area contributed by atoms with Crippen LogP contribution in [0.2, 0.25) is 0 Å². The maximum Gasteiger partial charge on any atom is 0.324 e. The zero-order chi connectivity index (χ0) is 7.72. The summed E-state index contributed by atoms with van der Waals surface area (Å²) >= 11 is 0. The molecule has 0 fully saturated rings. The lowest BCUT2D eigenvalue weighted by atomic mass is 10.7. The van der Waals surface area contributed by atoms with Crippen LogP contribution in [0.25, 0.3) is 0 Å². The first kappa shape index (κ1) is 7.12. The molecule has 0 aromatic carbocycles. The maximum absolute atomic E-state index is 5.09. The molecule has 0 saturated heterocycles. The van der Waals surface area contributed by atoms with E-state index in [2.05, 4.69) is 0 Å². The summed E-state index contributed by atoms with van der Waals surface area (Å²) in [7, 11) is 5.65. The highest BCUT2D eigenvalue weighted by Crippen LogP contribution is 2.06. The molecule has 1 rings (SSSR count). The van der Waals surface area contributed by atoms with Gasteiger partial charge in [0.25, 0.3) is 5.82 Å². The van der Waals surface area contributed by atoms with E-state index < -0.39 is 0 Å². The fourth-order valence-corrected chi connectivity index (χ4v) is 0.931. The van der Waals surface area contributed by atoms with Gasteiger partial charge in [0.15, 0.2) is 6.20 Å². The van der Waals surface area contributed by atoms with Crippen LogP contribution in [-0.2, 0) is 14.1 Å². The van der Waals surface area contributed by atoms with Gasteiger partial charge < -0.3 is 4.74 Å². The number of nitrogens with zero attached hydrogens (tertiary/aromatic N) is 2. The molecular weight excluding hydrogens is 128 g/mol. The molecule has 0 aliphatic rings. The molecule has 1 aromatic heterocycles. The Morgan fingerprint density at radius 2 is 2.20 bits per heavy atom. The average Bonchev–Trinajstić information content (AvgIpc) is 2.17. The molecule has 10 heavy (non-hydrogen) atoms.